The Balaban J connectivity index is 1.32. The molecule has 3 heteroatoms. The monoisotopic (exact) mass is 499 g/mol. The number of nitrogens with zero attached hydrogens (tertiary/aromatic N) is 2. The highest BCUT2D eigenvalue weighted by Crippen LogP contribution is 2.37. The van der Waals surface area contributed by atoms with Crippen LogP contribution in [-0.4, -0.2) is 9.13 Å². The minimum atomic E-state index is 1.05. The number of fused-ring (bicyclic) bond motifs is 6. The topological polar surface area (TPSA) is 21.9 Å². The number of hydrogen-bond donors (Lipinski definition) is 1. The maximum atomic E-state index is 3.77. The molecule has 0 saturated carbocycles. The number of anilines is 2. The van der Waals surface area contributed by atoms with Gasteiger partial charge in [-0.2, -0.15) is 0 Å². The number of aromatic nitrogens is 2. The molecule has 0 amide bonds. The van der Waals surface area contributed by atoms with Crippen LogP contribution in [0.1, 0.15) is 0 Å². The van der Waals surface area contributed by atoms with E-state index < -0.39 is 0 Å². The maximum absolute atomic E-state index is 3.77. The number of para-hydroxylation sites is 6. The van der Waals surface area contributed by atoms with Gasteiger partial charge >= 0.3 is 0 Å². The number of nitrogens with one attached hydrogen (secondary N) is 1. The molecule has 8 aromatic rings. The first kappa shape index (κ1) is 21.8. The van der Waals surface area contributed by atoms with Gasteiger partial charge < -0.3 is 14.5 Å². The quantitative estimate of drug-likeness (QED) is 0.256. The van der Waals surface area contributed by atoms with Crippen molar-refractivity contribution in [1.82, 2.24) is 9.13 Å². The van der Waals surface area contributed by atoms with Crippen LogP contribution in [0.2, 0.25) is 0 Å². The molecule has 3 nitrogen and oxygen atoms in total. The van der Waals surface area contributed by atoms with Gasteiger partial charge in [0.15, 0.2) is 0 Å². The Kier molecular flexibility index (Phi) is 4.82. The smallest absolute Gasteiger partial charge is 0.0697 e. The van der Waals surface area contributed by atoms with E-state index >= 15 is 0 Å². The molecule has 2 heterocycles. The van der Waals surface area contributed by atoms with Crippen molar-refractivity contribution in [3.05, 3.63) is 146 Å². The zero-order valence-corrected chi connectivity index (χ0v) is 21.3. The molecular weight excluding hydrogens is 474 g/mol. The van der Waals surface area contributed by atoms with Crippen molar-refractivity contribution in [2.24, 2.45) is 0 Å². The average Bonchev–Trinajstić information content (AvgIpc) is 3.51. The second-order valence-corrected chi connectivity index (χ2v) is 9.93. The summed E-state index contributed by atoms with van der Waals surface area (Å²) in [6, 6.07) is 51.8. The fraction of sp³-hybridized carbons (Fsp3) is 0. The lowest BCUT2D eigenvalue weighted by Gasteiger charge is -2.16. The highest BCUT2D eigenvalue weighted by Gasteiger charge is 2.16. The third kappa shape index (κ3) is 3.37. The Morgan fingerprint density at radius 2 is 0.897 bits per heavy atom. The molecule has 0 aliphatic heterocycles. The zero-order chi connectivity index (χ0) is 25.8. The van der Waals surface area contributed by atoms with Crippen LogP contribution in [0.25, 0.3) is 55.0 Å². The maximum Gasteiger partial charge on any atom is 0.0697 e. The molecule has 0 unspecified atom stereocenters. The highest BCUT2D eigenvalue weighted by atomic mass is 15.0. The molecule has 1 N–H and O–H groups in total. The molecule has 8 rings (SSSR count). The van der Waals surface area contributed by atoms with Crippen LogP contribution < -0.4 is 5.32 Å². The molecule has 0 aliphatic rings. The van der Waals surface area contributed by atoms with E-state index in [9.17, 15) is 0 Å². The van der Waals surface area contributed by atoms with Crippen LogP contribution in [0.4, 0.5) is 11.4 Å². The standard InChI is InChI=1S/C36H25N3/c1-2-12-26(13-3-1)38-32-18-8-4-16-29(32)30-23-22-25(24-36(30)38)37-31-17-7-11-21-35(31)39-33-19-9-5-14-27(33)28-15-6-10-20-34(28)39/h1-24,37H. The fourth-order valence-electron chi connectivity index (χ4n) is 6.02. The van der Waals surface area contributed by atoms with Gasteiger partial charge in [0, 0.05) is 32.9 Å². The van der Waals surface area contributed by atoms with E-state index in [1.165, 1.54) is 43.6 Å². The summed E-state index contributed by atoms with van der Waals surface area (Å²) < 4.78 is 4.72. The summed E-state index contributed by atoms with van der Waals surface area (Å²) >= 11 is 0. The van der Waals surface area contributed by atoms with Gasteiger partial charge in [0.05, 0.1) is 33.4 Å². The molecule has 0 spiro atoms. The molecule has 0 fully saturated rings. The van der Waals surface area contributed by atoms with Crippen molar-refractivity contribution >= 4 is 55.0 Å². The molecule has 184 valence electrons. The lowest BCUT2D eigenvalue weighted by molar-refractivity contribution is 1.17. The number of hydrogen-bond acceptors (Lipinski definition) is 1. The van der Waals surface area contributed by atoms with Crippen molar-refractivity contribution in [2.45, 2.75) is 0 Å². The lowest BCUT2D eigenvalue weighted by Crippen LogP contribution is -2.00. The summed E-state index contributed by atoms with van der Waals surface area (Å²) in [5, 5.41) is 8.80. The van der Waals surface area contributed by atoms with Gasteiger partial charge in [-0.3, -0.25) is 0 Å². The Labute approximate surface area is 226 Å². The first-order valence-corrected chi connectivity index (χ1v) is 13.3. The Morgan fingerprint density at radius 3 is 1.56 bits per heavy atom. The summed E-state index contributed by atoms with van der Waals surface area (Å²) in [6.45, 7) is 0. The lowest BCUT2D eigenvalue weighted by atomic mass is 10.1. The predicted molar refractivity (Wildman–Crippen MR) is 165 cm³/mol. The highest BCUT2D eigenvalue weighted by molar-refractivity contribution is 6.11. The molecule has 0 saturated heterocycles. The third-order valence-corrected chi connectivity index (χ3v) is 7.69. The largest absolute Gasteiger partial charge is 0.354 e. The summed E-state index contributed by atoms with van der Waals surface area (Å²) in [5.74, 6) is 0. The van der Waals surface area contributed by atoms with Gasteiger partial charge in [0.2, 0.25) is 0 Å². The number of benzene rings is 6. The first-order valence-electron chi connectivity index (χ1n) is 13.3. The van der Waals surface area contributed by atoms with Gasteiger partial charge in [-0.15, -0.1) is 0 Å². The first-order chi connectivity index (χ1) is 19.4. The van der Waals surface area contributed by atoms with E-state index in [0.717, 1.165) is 22.7 Å². The second kappa shape index (κ2) is 8.64. The molecule has 2 aromatic heterocycles. The molecule has 39 heavy (non-hydrogen) atoms. The van der Waals surface area contributed by atoms with Gasteiger partial charge in [0.1, 0.15) is 0 Å². The van der Waals surface area contributed by atoms with Crippen LogP contribution in [-0.2, 0) is 0 Å². The average molecular weight is 500 g/mol. The van der Waals surface area contributed by atoms with E-state index in [1.807, 2.05) is 0 Å². The molecule has 0 atom stereocenters. The summed E-state index contributed by atoms with van der Waals surface area (Å²) in [7, 11) is 0. The second-order valence-electron chi connectivity index (χ2n) is 9.93. The fourth-order valence-corrected chi connectivity index (χ4v) is 6.02. The van der Waals surface area contributed by atoms with E-state index in [4.69, 9.17) is 0 Å². The normalized spacial score (nSPS) is 11.6. The van der Waals surface area contributed by atoms with Crippen LogP contribution in [0, 0.1) is 0 Å². The van der Waals surface area contributed by atoms with Crippen molar-refractivity contribution in [1.29, 1.82) is 0 Å². The van der Waals surface area contributed by atoms with Crippen molar-refractivity contribution in [2.75, 3.05) is 5.32 Å². The van der Waals surface area contributed by atoms with Crippen molar-refractivity contribution < 1.29 is 0 Å². The third-order valence-electron chi connectivity index (χ3n) is 7.69. The van der Waals surface area contributed by atoms with Gasteiger partial charge in [-0.05, 0) is 54.6 Å². The minimum absolute atomic E-state index is 1.05. The van der Waals surface area contributed by atoms with E-state index in [1.54, 1.807) is 0 Å². The Morgan fingerprint density at radius 1 is 0.385 bits per heavy atom. The van der Waals surface area contributed by atoms with E-state index in [2.05, 4.69) is 160 Å². The van der Waals surface area contributed by atoms with Crippen LogP contribution in [0.5, 0.6) is 0 Å². The molecular formula is C36H25N3. The summed E-state index contributed by atoms with van der Waals surface area (Å²) in [4.78, 5) is 0. The zero-order valence-electron chi connectivity index (χ0n) is 21.3. The Hall–Kier alpha value is -5.28. The van der Waals surface area contributed by atoms with Gasteiger partial charge in [0.25, 0.3) is 0 Å². The van der Waals surface area contributed by atoms with Gasteiger partial charge in [-0.25, -0.2) is 0 Å². The van der Waals surface area contributed by atoms with Gasteiger partial charge in [-0.1, -0.05) is 91.0 Å². The minimum Gasteiger partial charge on any atom is -0.354 e. The van der Waals surface area contributed by atoms with E-state index in [-0.39, 0.29) is 0 Å². The molecule has 0 radical (unpaired) electrons. The van der Waals surface area contributed by atoms with Crippen LogP contribution in [0.15, 0.2) is 146 Å². The Bertz CT molecular complexity index is 2090. The predicted octanol–water partition coefficient (Wildman–Crippen LogP) is 9.62. The molecule has 6 aromatic carbocycles. The van der Waals surface area contributed by atoms with Crippen LogP contribution in [0.3, 0.4) is 0 Å². The summed E-state index contributed by atoms with van der Waals surface area (Å²) in [5.41, 5.74) is 9.19. The molecule has 0 aliphatic carbocycles. The van der Waals surface area contributed by atoms with Crippen molar-refractivity contribution in [3.63, 3.8) is 0 Å². The van der Waals surface area contributed by atoms with Crippen LogP contribution >= 0.6 is 0 Å². The summed E-state index contributed by atoms with van der Waals surface area (Å²) in [6.07, 6.45) is 0. The van der Waals surface area contributed by atoms with Crippen molar-refractivity contribution in [3.8, 4) is 11.4 Å². The van der Waals surface area contributed by atoms with E-state index in [0.29, 0.717) is 0 Å². The SMILES string of the molecule is c1ccc(-n2c3ccccc3c3ccc(Nc4ccccc4-n4c5ccccc5c5ccccc54)cc32)cc1. The molecule has 0 bridgehead atoms. The number of rotatable bonds is 4.